The van der Waals surface area contributed by atoms with E-state index >= 15 is 0 Å². The van der Waals surface area contributed by atoms with Gasteiger partial charge in [0.1, 0.15) is 12.2 Å². The average molecular weight is 367 g/mol. The molecular weight excluding hydrogens is 352 g/mol. The van der Waals surface area contributed by atoms with Crippen molar-refractivity contribution in [3.8, 4) is 0 Å². The van der Waals surface area contributed by atoms with Gasteiger partial charge in [0.05, 0.1) is 23.3 Å². The van der Waals surface area contributed by atoms with Crippen molar-refractivity contribution in [3.05, 3.63) is 64.9 Å². The van der Waals surface area contributed by atoms with Crippen LogP contribution in [0.15, 0.2) is 64.3 Å². The van der Waals surface area contributed by atoms with Gasteiger partial charge in [0.15, 0.2) is 0 Å². The average Bonchev–Trinajstić information content (AvgIpc) is 3.24. The molecule has 0 saturated carbocycles. The molecule has 114 valence electrons. The number of aromatic nitrogens is 2. The topological polar surface area (TPSA) is 42.2 Å². The molecule has 1 aliphatic heterocycles. The van der Waals surface area contributed by atoms with Gasteiger partial charge in [0.25, 0.3) is 0 Å². The Bertz CT molecular complexity index is 906. The summed E-state index contributed by atoms with van der Waals surface area (Å²) in [5, 5.41) is 3.37. The van der Waals surface area contributed by atoms with E-state index in [9.17, 15) is 0 Å². The molecule has 0 radical (unpaired) electrons. The molecule has 0 amide bonds. The summed E-state index contributed by atoms with van der Waals surface area (Å²) in [6.07, 6.45) is 4.00. The highest BCUT2D eigenvalue weighted by Crippen LogP contribution is 2.21. The van der Waals surface area contributed by atoms with E-state index < -0.39 is 0 Å². The Morgan fingerprint density at radius 1 is 1.13 bits per heavy atom. The summed E-state index contributed by atoms with van der Waals surface area (Å²) in [4.78, 5) is 9.09. The fourth-order valence-corrected chi connectivity index (χ4v) is 2.95. The number of para-hydroxylation sites is 2. The highest BCUT2D eigenvalue weighted by Gasteiger charge is 2.15. The van der Waals surface area contributed by atoms with Crippen molar-refractivity contribution in [2.45, 2.75) is 0 Å². The molecule has 0 saturated heterocycles. The van der Waals surface area contributed by atoms with Gasteiger partial charge in [-0.2, -0.15) is 0 Å². The molecule has 0 aliphatic carbocycles. The molecule has 0 bridgehead atoms. The van der Waals surface area contributed by atoms with Crippen LogP contribution in [0.25, 0.3) is 22.8 Å². The third-order valence-corrected chi connectivity index (χ3v) is 4.33. The maximum Gasteiger partial charge on any atom is 0.145 e. The van der Waals surface area contributed by atoms with Crippen molar-refractivity contribution >= 4 is 44.6 Å². The van der Waals surface area contributed by atoms with Crippen LogP contribution < -0.4 is 5.32 Å². The molecule has 4 rings (SSSR count). The number of nitrogens with zero attached hydrogens (tertiary/aromatic N) is 3. The minimum absolute atomic E-state index is 0.805. The van der Waals surface area contributed by atoms with Crippen LogP contribution in [0, 0.1) is 0 Å². The van der Waals surface area contributed by atoms with Gasteiger partial charge in [-0.05, 0) is 35.9 Å². The lowest BCUT2D eigenvalue weighted by atomic mass is 10.2. The number of rotatable bonds is 3. The third-order valence-electron chi connectivity index (χ3n) is 3.80. The van der Waals surface area contributed by atoms with Gasteiger partial charge < -0.3 is 5.32 Å². The van der Waals surface area contributed by atoms with E-state index in [1.165, 1.54) is 0 Å². The first kappa shape index (κ1) is 14.2. The van der Waals surface area contributed by atoms with E-state index in [0.29, 0.717) is 0 Å². The Morgan fingerprint density at radius 3 is 2.74 bits per heavy atom. The van der Waals surface area contributed by atoms with Crippen molar-refractivity contribution < 1.29 is 0 Å². The molecule has 0 atom stereocenters. The molecule has 0 fully saturated rings. The van der Waals surface area contributed by atoms with Gasteiger partial charge in [-0.25, -0.2) is 4.98 Å². The van der Waals surface area contributed by atoms with Crippen molar-refractivity contribution in [2.24, 2.45) is 4.99 Å². The van der Waals surface area contributed by atoms with E-state index in [2.05, 4.69) is 60.1 Å². The summed E-state index contributed by atoms with van der Waals surface area (Å²) in [5.74, 6) is 0.913. The van der Waals surface area contributed by atoms with Crippen LogP contribution in [-0.4, -0.2) is 28.5 Å². The second-order valence-electron chi connectivity index (χ2n) is 5.34. The smallest absolute Gasteiger partial charge is 0.145 e. The lowest BCUT2D eigenvalue weighted by molar-refractivity contribution is 0.959. The molecule has 2 heterocycles. The van der Waals surface area contributed by atoms with Crippen LogP contribution in [0.1, 0.15) is 5.56 Å². The number of benzene rings is 2. The zero-order valence-corrected chi connectivity index (χ0v) is 14.0. The van der Waals surface area contributed by atoms with Gasteiger partial charge in [-0.3, -0.25) is 9.56 Å². The normalized spacial score (nSPS) is 14.8. The van der Waals surface area contributed by atoms with Gasteiger partial charge >= 0.3 is 0 Å². The number of fused-ring (bicyclic) bond motifs is 1. The van der Waals surface area contributed by atoms with E-state index in [4.69, 9.17) is 0 Å². The molecule has 1 N–H and O–H groups in total. The molecule has 1 aromatic heterocycles. The van der Waals surface area contributed by atoms with Crippen molar-refractivity contribution in [3.63, 3.8) is 0 Å². The van der Waals surface area contributed by atoms with Crippen LogP contribution >= 0.6 is 15.9 Å². The Balaban J connectivity index is 1.87. The Morgan fingerprint density at radius 2 is 1.96 bits per heavy atom. The molecule has 5 heteroatoms. The Kier molecular flexibility index (Phi) is 3.71. The predicted molar refractivity (Wildman–Crippen MR) is 98.3 cm³/mol. The number of halogens is 1. The van der Waals surface area contributed by atoms with Crippen molar-refractivity contribution in [1.29, 1.82) is 0 Å². The Hall–Kier alpha value is -2.40. The van der Waals surface area contributed by atoms with Crippen LogP contribution in [-0.2, 0) is 0 Å². The SMILES string of the molecule is Brc1ccc(/C=C(/C2=NCCN2)n2cnc3ccccc32)cc1. The van der Waals surface area contributed by atoms with Gasteiger partial charge in [-0.15, -0.1) is 0 Å². The van der Waals surface area contributed by atoms with Gasteiger partial charge in [0.2, 0.25) is 0 Å². The largest absolute Gasteiger partial charge is 0.367 e. The number of hydrogen-bond donors (Lipinski definition) is 1. The number of aliphatic imine (C=N–C) groups is 1. The minimum atomic E-state index is 0.805. The molecule has 3 aromatic rings. The van der Waals surface area contributed by atoms with Crippen LogP contribution in [0.4, 0.5) is 0 Å². The summed E-state index contributed by atoms with van der Waals surface area (Å²) in [6, 6.07) is 16.4. The molecule has 0 unspecified atom stereocenters. The zero-order chi connectivity index (χ0) is 15.6. The second-order valence-corrected chi connectivity index (χ2v) is 6.26. The maximum absolute atomic E-state index is 4.59. The number of amidine groups is 1. The van der Waals surface area contributed by atoms with E-state index in [1.807, 2.05) is 36.7 Å². The van der Waals surface area contributed by atoms with Crippen molar-refractivity contribution in [2.75, 3.05) is 13.1 Å². The molecule has 0 spiro atoms. The fraction of sp³-hybridized carbons (Fsp3) is 0.111. The summed E-state index contributed by atoms with van der Waals surface area (Å²) >= 11 is 3.48. The number of imidazole rings is 1. The number of hydrogen-bond acceptors (Lipinski definition) is 3. The second kappa shape index (κ2) is 6.01. The highest BCUT2D eigenvalue weighted by molar-refractivity contribution is 9.10. The number of nitrogens with one attached hydrogen (secondary N) is 1. The first-order valence-corrected chi connectivity index (χ1v) is 8.29. The standard InChI is InChI=1S/C18H15BrN4/c19-14-7-5-13(6-8-14)11-17(18-20-9-10-21-18)23-12-22-15-3-1-2-4-16(15)23/h1-8,11-12H,9-10H2,(H,20,21)/b17-11-. The molecular formula is C18H15BrN4. The molecule has 2 aromatic carbocycles. The van der Waals surface area contributed by atoms with E-state index in [0.717, 1.165) is 45.7 Å². The van der Waals surface area contributed by atoms with Gasteiger partial charge in [0, 0.05) is 11.0 Å². The zero-order valence-electron chi connectivity index (χ0n) is 12.4. The van der Waals surface area contributed by atoms with Crippen molar-refractivity contribution in [1.82, 2.24) is 14.9 Å². The molecule has 1 aliphatic rings. The quantitative estimate of drug-likeness (QED) is 0.765. The van der Waals surface area contributed by atoms with Crippen LogP contribution in [0.3, 0.4) is 0 Å². The lowest BCUT2D eigenvalue weighted by Crippen LogP contribution is -2.22. The summed E-state index contributed by atoms with van der Waals surface area (Å²) in [7, 11) is 0. The molecule has 23 heavy (non-hydrogen) atoms. The van der Waals surface area contributed by atoms with Crippen LogP contribution in [0.2, 0.25) is 0 Å². The monoisotopic (exact) mass is 366 g/mol. The first-order chi connectivity index (χ1) is 11.3. The summed E-state index contributed by atoms with van der Waals surface area (Å²) < 4.78 is 3.16. The third kappa shape index (κ3) is 2.80. The summed E-state index contributed by atoms with van der Waals surface area (Å²) in [5.41, 5.74) is 4.19. The van der Waals surface area contributed by atoms with Crippen LogP contribution in [0.5, 0.6) is 0 Å². The van der Waals surface area contributed by atoms with E-state index in [-0.39, 0.29) is 0 Å². The predicted octanol–water partition coefficient (Wildman–Crippen LogP) is 3.80. The Labute approximate surface area is 142 Å². The maximum atomic E-state index is 4.59. The minimum Gasteiger partial charge on any atom is -0.367 e. The first-order valence-electron chi connectivity index (χ1n) is 7.50. The fourth-order valence-electron chi connectivity index (χ4n) is 2.69. The summed E-state index contributed by atoms with van der Waals surface area (Å²) in [6.45, 7) is 1.68. The van der Waals surface area contributed by atoms with Gasteiger partial charge in [-0.1, -0.05) is 40.2 Å². The highest BCUT2D eigenvalue weighted by atomic mass is 79.9. The molecule has 4 nitrogen and oxygen atoms in total. The lowest BCUT2D eigenvalue weighted by Gasteiger charge is -2.11. The van der Waals surface area contributed by atoms with E-state index in [1.54, 1.807) is 0 Å².